The Hall–Kier alpha value is -2.79. The van der Waals surface area contributed by atoms with E-state index in [0.717, 1.165) is 34.6 Å². The maximum atomic E-state index is 13.1. The third-order valence-corrected chi connectivity index (χ3v) is 4.36. The maximum Gasteiger partial charge on any atom is 0.262 e. The first-order valence-electron chi connectivity index (χ1n) is 8.59. The van der Waals surface area contributed by atoms with Crippen LogP contribution in [0.4, 0.5) is 0 Å². The molecular weight excluding hydrogens is 328 g/mol. The number of benzene rings is 2. The molecule has 5 nitrogen and oxygen atoms in total. The smallest absolute Gasteiger partial charge is 0.262 e. The van der Waals surface area contributed by atoms with Crippen molar-refractivity contribution >= 4 is 16.8 Å². The zero-order valence-electron chi connectivity index (χ0n) is 15.7. The summed E-state index contributed by atoms with van der Waals surface area (Å²) in [5, 5.41) is 0.880. The zero-order chi connectivity index (χ0) is 18.7. The molecule has 0 fully saturated rings. The standard InChI is InChI=1S/C21H24N2O3/c1-15-20(26-13-12-22(2)3)18-14-17(25-4)10-11-19(18)23(15)21(24)16-8-6-5-7-9-16/h5-11,14H,12-13H2,1-4H3. The monoisotopic (exact) mass is 352 g/mol. The molecule has 0 aliphatic heterocycles. The van der Waals surface area contributed by atoms with Crippen LogP contribution >= 0.6 is 0 Å². The fourth-order valence-corrected chi connectivity index (χ4v) is 2.98. The molecule has 0 spiro atoms. The average molecular weight is 352 g/mol. The van der Waals surface area contributed by atoms with Gasteiger partial charge in [-0.1, -0.05) is 18.2 Å². The Morgan fingerprint density at radius 3 is 2.50 bits per heavy atom. The Morgan fingerprint density at radius 1 is 1.12 bits per heavy atom. The number of rotatable bonds is 6. The van der Waals surface area contributed by atoms with Crippen molar-refractivity contribution in [2.45, 2.75) is 6.92 Å². The van der Waals surface area contributed by atoms with Crippen LogP contribution in [0.2, 0.25) is 0 Å². The largest absolute Gasteiger partial charge is 0.497 e. The van der Waals surface area contributed by atoms with Crippen LogP contribution in [0.1, 0.15) is 16.1 Å². The van der Waals surface area contributed by atoms with Crippen LogP contribution in [-0.4, -0.2) is 49.7 Å². The summed E-state index contributed by atoms with van der Waals surface area (Å²) in [5.74, 6) is 1.39. The Bertz CT molecular complexity index is 914. The number of carbonyl (C=O) groups excluding carboxylic acids is 1. The molecule has 0 radical (unpaired) electrons. The van der Waals surface area contributed by atoms with Crippen LogP contribution in [0.5, 0.6) is 11.5 Å². The lowest BCUT2D eigenvalue weighted by Crippen LogP contribution is -2.19. The topological polar surface area (TPSA) is 43.7 Å². The number of hydrogen-bond donors (Lipinski definition) is 0. The molecule has 0 N–H and O–H groups in total. The summed E-state index contributed by atoms with van der Waals surface area (Å²) in [6.45, 7) is 3.25. The fraction of sp³-hybridized carbons (Fsp3) is 0.286. The van der Waals surface area contributed by atoms with Gasteiger partial charge >= 0.3 is 0 Å². The van der Waals surface area contributed by atoms with Gasteiger partial charge in [-0.15, -0.1) is 0 Å². The predicted octanol–water partition coefficient (Wildman–Crippen LogP) is 3.59. The van der Waals surface area contributed by atoms with Crippen LogP contribution in [0.15, 0.2) is 48.5 Å². The number of fused-ring (bicyclic) bond motifs is 1. The fourth-order valence-electron chi connectivity index (χ4n) is 2.98. The number of hydrogen-bond acceptors (Lipinski definition) is 4. The SMILES string of the molecule is COc1ccc2c(c1)c(OCCN(C)C)c(C)n2C(=O)c1ccccc1. The minimum atomic E-state index is -0.0688. The zero-order valence-corrected chi connectivity index (χ0v) is 15.7. The van der Waals surface area contributed by atoms with E-state index in [1.165, 1.54) is 0 Å². The van der Waals surface area contributed by atoms with Gasteiger partial charge in [0, 0.05) is 17.5 Å². The summed E-state index contributed by atoms with van der Waals surface area (Å²) in [6, 6.07) is 15.0. The third kappa shape index (κ3) is 3.44. The van der Waals surface area contributed by atoms with Crippen molar-refractivity contribution in [3.63, 3.8) is 0 Å². The van der Waals surface area contributed by atoms with E-state index in [1.807, 2.05) is 69.6 Å². The number of methoxy groups -OCH3 is 1. The van der Waals surface area contributed by atoms with E-state index in [9.17, 15) is 4.79 Å². The molecule has 0 saturated carbocycles. The van der Waals surface area contributed by atoms with Crippen LogP contribution in [0, 0.1) is 6.92 Å². The Kier molecular flexibility index (Phi) is 5.28. The van der Waals surface area contributed by atoms with Crippen molar-refractivity contribution in [3.8, 4) is 11.5 Å². The number of aromatic nitrogens is 1. The van der Waals surface area contributed by atoms with Gasteiger partial charge in [0.15, 0.2) is 0 Å². The third-order valence-electron chi connectivity index (χ3n) is 4.36. The van der Waals surface area contributed by atoms with Gasteiger partial charge in [-0.05, 0) is 51.4 Å². The lowest BCUT2D eigenvalue weighted by atomic mass is 10.2. The molecule has 3 aromatic rings. The van der Waals surface area contributed by atoms with Crippen LogP contribution < -0.4 is 9.47 Å². The van der Waals surface area contributed by atoms with Gasteiger partial charge in [-0.2, -0.15) is 0 Å². The highest BCUT2D eigenvalue weighted by atomic mass is 16.5. The van der Waals surface area contributed by atoms with E-state index in [4.69, 9.17) is 9.47 Å². The highest BCUT2D eigenvalue weighted by Crippen LogP contribution is 2.35. The molecule has 0 bridgehead atoms. The molecule has 2 aromatic carbocycles. The molecule has 0 saturated heterocycles. The molecule has 0 unspecified atom stereocenters. The highest BCUT2D eigenvalue weighted by molar-refractivity contribution is 6.05. The molecule has 1 aromatic heterocycles. The Morgan fingerprint density at radius 2 is 1.85 bits per heavy atom. The molecule has 0 aliphatic rings. The van der Waals surface area contributed by atoms with Gasteiger partial charge in [0.1, 0.15) is 18.1 Å². The molecule has 1 heterocycles. The Labute approximate surface area is 153 Å². The molecule has 0 amide bonds. The number of likely N-dealkylation sites (N-methyl/N-ethyl adjacent to an activating group) is 1. The number of carbonyl (C=O) groups is 1. The van der Waals surface area contributed by atoms with Gasteiger partial charge in [0.25, 0.3) is 5.91 Å². The van der Waals surface area contributed by atoms with E-state index in [-0.39, 0.29) is 5.91 Å². The maximum absolute atomic E-state index is 13.1. The van der Waals surface area contributed by atoms with Crippen molar-refractivity contribution in [3.05, 3.63) is 59.8 Å². The first kappa shape index (κ1) is 18.0. The van der Waals surface area contributed by atoms with Crippen LogP contribution in [-0.2, 0) is 0 Å². The lowest BCUT2D eigenvalue weighted by Gasteiger charge is -2.11. The van der Waals surface area contributed by atoms with E-state index >= 15 is 0 Å². The molecule has 136 valence electrons. The second-order valence-corrected chi connectivity index (χ2v) is 6.46. The number of ether oxygens (including phenoxy) is 2. The summed E-state index contributed by atoms with van der Waals surface area (Å²) < 4.78 is 13.1. The molecule has 26 heavy (non-hydrogen) atoms. The quantitative estimate of drug-likeness (QED) is 0.680. The van der Waals surface area contributed by atoms with E-state index < -0.39 is 0 Å². The van der Waals surface area contributed by atoms with Gasteiger partial charge in [0.05, 0.1) is 18.3 Å². The second kappa shape index (κ2) is 7.62. The second-order valence-electron chi connectivity index (χ2n) is 6.46. The minimum absolute atomic E-state index is 0.0688. The average Bonchev–Trinajstić information content (AvgIpc) is 2.92. The summed E-state index contributed by atoms with van der Waals surface area (Å²) in [6.07, 6.45) is 0. The summed E-state index contributed by atoms with van der Waals surface area (Å²) in [5.41, 5.74) is 2.25. The van der Waals surface area contributed by atoms with E-state index in [0.29, 0.717) is 12.2 Å². The van der Waals surface area contributed by atoms with Crippen molar-refractivity contribution in [2.24, 2.45) is 0 Å². The summed E-state index contributed by atoms with van der Waals surface area (Å²) in [4.78, 5) is 15.2. The summed E-state index contributed by atoms with van der Waals surface area (Å²) >= 11 is 0. The number of nitrogens with zero attached hydrogens (tertiary/aromatic N) is 2. The first-order valence-corrected chi connectivity index (χ1v) is 8.59. The van der Waals surface area contributed by atoms with Gasteiger partial charge < -0.3 is 14.4 Å². The van der Waals surface area contributed by atoms with Crippen molar-refractivity contribution in [2.75, 3.05) is 34.4 Å². The van der Waals surface area contributed by atoms with Crippen molar-refractivity contribution in [1.29, 1.82) is 0 Å². The van der Waals surface area contributed by atoms with Gasteiger partial charge in [-0.25, -0.2) is 0 Å². The highest BCUT2D eigenvalue weighted by Gasteiger charge is 2.21. The predicted molar refractivity (Wildman–Crippen MR) is 103 cm³/mol. The van der Waals surface area contributed by atoms with Gasteiger partial charge in [0.2, 0.25) is 0 Å². The molecular formula is C21H24N2O3. The van der Waals surface area contributed by atoms with Crippen LogP contribution in [0.25, 0.3) is 10.9 Å². The molecule has 0 atom stereocenters. The van der Waals surface area contributed by atoms with Crippen LogP contribution in [0.3, 0.4) is 0 Å². The molecule has 5 heteroatoms. The van der Waals surface area contributed by atoms with Gasteiger partial charge in [-0.3, -0.25) is 9.36 Å². The summed E-state index contributed by atoms with van der Waals surface area (Å²) in [7, 11) is 5.63. The van der Waals surface area contributed by atoms with Crippen molar-refractivity contribution < 1.29 is 14.3 Å². The normalized spacial score (nSPS) is 11.1. The first-order chi connectivity index (χ1) is 12.5. The van der Waals surface area contributed by atoms with Crippen molar-refractivity contribution in [1.82, 2.24) is 9.47 Å². The molecule has 3 rings (SSSR count). The minimum Gasteiger partial charge on any atom is -0.497 e. The van der Waals surface area contributed by atoms with E-state index in [1.54, 1.807) is 11.7 Å². The lowest BCUT2D eigenvalue weighted by molar-refractivity contribution is 0.0962. The Balaban J connectivity index is 2.10. The molecule has 0 aliphatic carbocycles. The van der Waals surface area contributed by atoms with E-state index in [2.05, 4.69) is 4.90 Å².